The molecule has 21 heavy (non-hydrogen) atoms. The molecular formula is C15H16N4O2. The fourth-order valence-corrected chi connectivity index (χ4v) is 2.30. The lowest BCUT2D eigenvalue weighted by atomic mass is 10.0. The number of nitrogens with zero attached hydrogens (tertiary/aromatic N) is 3. The summed E-state index contributed by atoms with van der Waals surface area (Å²) < 4.78 is 12.2. The first-order chi connectivity index (χ1) is 10.1. The summed E-state index contributed by atoms with van der Waals surface area (Å²) in [5, 5.41) is 8.21. The monoisotopic (exact) mass is 284 g/mol. The van der Waals surface area contributed by atoms with E-state index in [1.54, 1.807) is 18.0 Å². The first kappa shape index (κ1) is 13.2. The summed E-state index contributed by atoms with van der Waals surface area (Å²) in [6.45, 7) is 1.99. The van der Waals surface area contributed by atoms with Crippen LogP contribution in [0.1, 0.15) is 5.56 Å². The van der Waals surface area contributed by atoms with Gasteiger partial charge < -0.3 is 15.0 Å². The summed E-state index contributed by atoms with van der Waals surface area (Å²) in [5.41, 5.74) is 10.2. The second-order valence-corrected chi connectivity index (χ2v) is 4.86. The Bertz CT molecular complexity index is 789. The quantitative estimate of drug-likeness (QED) is 0.799. The van der Waals surface area contributed by atoms with Gasteiger partial charge in [0.25, 0.3) is 0 Å². The predicted molar refractivity (Wildman–Crippen MR) is 79.8 cm³/mol. The molecular weight excluding hydrogens is 268 g/mol. The number of nitrogens with two attached hydrogens (primary N) is 1. The van der Waals surface area contributed by atoms with Gasteiger partial charge in [-0.15, -0.1) is 0 Å². The maximum atomic E-state index is 5.95. The number of hydrogen-bond donors (Lipinski definition) is 1. The van der Waals surface area contributed by atoms with Crippen molar-refractivity contribution < 1.29 is 9.26 Å². The molecule has 0 bridgehead atoms. The van der Waals surface area contributed by atoms with Crippen LogP contribution in [0, 0.1) is 6.92 Å². The molecule has 108 valence electrons. The van der Waals surface area contributed by atoms with Gasteiger partial charge in [0.05, 0.1) is 18.9 Å². The third-order valence-electron chi connectivity index (χ3n) is 3.39. The molecule has 0 aliphatic heterocycles. The molecule has 0 saturated carbocycles. The average molecular weight is 284 g/mol. The molecule has 0 aliphatic carbocycles. The molecule has 6 heteroatoms. The maximum absolute atomic E-state index is 5.95. The summed E-state index contributed by atoms with van der Waals surface area (Å²) >= 11 is 0. The Hall–Kier alpha value is -2.76. The van der Waals surface area contributed by atoms with Crippen molar-refractivity contribution in [1.82, 2.24) is 14.9 Å². The van der Waals surface area contributed by atoms with Crippen LogP contribution in [0.15, 0.2) is 35.1 Å². The lowest BCUT2D eigenvalue weighted by Crippen LogP contribution is -1.91. The minimum absolute atomic E-state index is 0.278. The van der Waals surface area contributed by atoms with Crippen molar-refractivity contribution in [3.8, 4) is 28.1 Å². The number of benzene rings is 1. The summed E-state index contributed by atoms with van der Waals surface area (Å²) in [5.74, 6) is 1.07. The van der Waals surface area contributed by atoms with Gasteiger partial charge in [0.2, 0.25) is 5.88 Å². The summed E-state index contributed by atoms with van der Waals surface area (Å²) in [6.07, 6.45) is 3.60. The van der Waals surface area contributed by atoms with Crippen LogP contribution in [0.4, 0.5) is 5.88 Å². The van der Waals surface area contributed by atoms with Gasteiger partial charge in [-0.05, 0) is 24.1 Å². The predicted octanol–water partition coefficient (Wildman–Crippen LogP) is 2.64. The van der Waals surface area contributed by atoms with Gasteiger partial charge in [0, 0.05) is 18.8 Å². The Balaban J connectivity index is 2.17. The summed E-state index contributed by atoms with van der Waals surface area (Å²) in [4.78, 5) is 0. The van der Waals surface area contributed by atoms with Crippen molar-refractivity contribution in [3.63, 3.8) is 0 Å². The molecule has 0 amide bonds. The lowest BCUT2D eigenvalue weighted by molar-refractivity contribution is 0.412. The van der Waals surface area contributed by atoms with Crippen molar-refractivity contribution in [2.45, 2.75) is 6.92 Å². The van der Waals surface area contributed by atoms with Crippen molar-refractivity contribution in [2.24, 2.45) is 7.05 Å². The molecule has 0 atom stereocenters. The minimum atomic E-state index is 0.278. The highest BCUT2D eigenvalue weighted by Gasteiger charge is 2.19. The Morgan fingerprint density at radius 3 is 2.76 bits per heavy atom. The van der Waals surface area contributed by atoms with E-state index in [2.05, 4.69) is 10.3 Å². The van der Waals surface area contributed by atoms with Gasteiger partial charge in [-0.1, -0.05) is 17.3 Å². The highest BCUT2D eigenvalue weighted by atomic mass is 16.5. The third-order valence-corrected chi connectivity index (χ3v) is 3.39. The average Bonchev–Trinajstić information content (AvgIpc) is 3.05. The molecule has 2 aromatic heterocycles. The van der Waals surface area contributed by atoms with E-state index < -0.39 is 0 Å². The Morgan fingerprint density at radius 1 is 1.29 bits per heavy atom. The van der Waals surface area contributed by atoms with Crippen LogP contribution in [-0.2, 0) is 7.05 Å². The fourth-order valence-electron chi connectivity index (χ4n) is 2.30. The molecule has 1 aromatic carbocycles. The third kappa shape index (κ3) is 2.24. The molecule has 0 saturated heterocycles. The second-order valence-electron chi connectivity index (χ2n) is 4.86. The topological polar surface area (TPSA) is 79.1 Å². The first-order valence-corrected chi connectivity index (χ1v) is 6.49. The fraction of sp³-hybridized carbons (Fsp3) is 0.200. The lowest BCUT2D eigenvalue weighted by Gasteiger charge is -2.07. The molecule has 6 nitrogen and oxygen atoms in total. The number of aryl methyl sites for hydroxylation is 2. The second kappa shape index (κ2) is 4.97. The van der Waals surface area contributed by atoms with E-state index in [9.17, 15) is 0 Å². The number of nitrogen functional groups attached to an aromatic ring is 1. The van der Waals surface area contributed by atoms with Gasteiger partial charge in [-0.25, -0.2) is 0 Å². The Morgan fingerprint density at radius 2 is 2.10 bits per heavy atom. The normalized spacial score (nSPS) is 10.8. The summed E-state index contributed by atoms with van der Waals surface area (Å²) in [7, 11) is 3.49. The minimum Gasteiger partial charge on any atom is -0.496 e. The smallest absolute Gasteiger partial charge is 0.230 e. The number of aromatic nitrogens is 3. The van der Waals surface area contributed by atoms with E-state index in [1.807, 2.05) is 38.4 Å². The highest BCUT2D eigenvalue weighted by molar-refractivity contribution is 5.87. The van der Waals surface area contributed by atoms with E-state index in [4.69, 9.17) is 15.0 Å². The zero-order valence-corrected chi connectivity index (χ0v) is 12.1. The maximum Gasteiger partial charge on any atom is 0.230 e. The largest absolute Gasteiger partial charge is 0.496 e. The van der Waals surface area contributed by atoms with Crippen molar-refractivity contribution in [1.29, 1.82) is 0 Å². The van der Waals surface area contributed by atoms with Crippen LogP contribution in [0.5, 0.6) is 5.75 Å². The zero-order chi connectivity index (χ0) is 15.0. The molecule has 3 aromatic rings. The van der Waals surface area contributed by atoms with E-state index >= 15 is 0 Å². The van der Waals surface area contributed by atoms with Gasteiger partial charge in [0.15, 0.2) is 0 Å². The molecule has 3 rings (SSSR count). The number of rotatable bonds is 3. The number of methoxy groups -OCH3 is 1. The van der Waals surface area contributed by atoms with Crippen LogP contribution in [0.2, 0.25) is 0 Å². The Labute approximate surface area is 122 Å². The molecule has 0 fully saturated rings. The molecule has 0 aliphatic rings. The molecule has 2 heterocycles. The van der Waals surface area contributed by atoms with Crippen LogP contribution in [0.25, 0.3) is 22.4 Å². The Kier molecular flexibility index (Phi) is 3.13. The van der Waals surface area contributed by atoms with E-state index in [1.165, 1.54) is 0 Å². The van der Waals surface area contributed by atoms with Gasteiger partial charge in [-0.3, -0.25) is 4.68 Å². The highest BCUT2D eigenvalue weighted by Crippen LogP contribution is 2.37. The van der Waals surface area contributed by atoms with Gasteiger partial charge in [0.1, 0.15) is 11.4 Å². The number of anilines is 1. The van der Waals surface area contributed by atoms with Crippen LogP contribution in [-0.4, -0.2) is 22.0 Å². The van der Waals surface area contributed by atoms with E-state index in [0.29, 0.717) is 5.69 Å². The SMILES string of the molecule is COc1cc(-c2c(-c3cnn(C)c3)noc2N)ccc1C. The number of hydrogen-bond acceptors (Lipinski definition) is 5. The standard InChI is InChI=1S/C15H16N4O2/c1-9-4-5-10(6-12(9)20-3)13-14(18-21-15(13)16)11-7-17-19(2)8-11/h4-8H,16H2,1-3H3. The molecule has 0 spiro atoms. The van der Waals surface area contributed by atoms with Gasteiger partial charge in [-0.2, -0.15) is 5.10 Å². The van der Waals surface area contributed by atoms with E-state index in [0.717, 1.165) is 28.0 Å². The molecule has 0 radical (unpaired) electrons. The summed E-state index contributed by atoms with van der Waals surface area (Å²) in [6, 6.07) is 5.88. The first-order valence-electron chi connectivity index (χ1n) is 6.49. The van der Waals surface area contributed by atoms with Gasteiger partial charge >= 0.3 is 0 Å². The molecule has 0 unspecified atom stereocenters. The van der Waals surface area contributed by atoms with Crippen LogP contribution in [0.3, 0.4) is 0 Å². The van der Waals surface area contributed by atoms with E-state index in [-0.39, 0.29) is 5.88 Å². The van der Waals surface area contributed by atoms with Crippen LogP contribution < -0.4 is 10.5 Å². The van der Waals surface area contributed by atoms with Crippen molar-refractivity contribution in [3.05, 3.63) is 36.2 Å². The van der Waals surface area contributed by atoms with Crippen LogP contribution >= 0.6 is 0 Å². The zero-order valence-electron chi connectivity index (χ0n) is 12.1. The van der Waals surface area contributed by atoms with Crippen molar-refractivity contribution >= 4 is 5.88 Å². The number of ether oxygens (including phenoxy) is 1. The van der Waals surface area contributed by atoms with Crippen molar-refractivity contribution in [2.75, 3.05) is 12.8 Å². The molecule has 2 N–H and O–H groups in total.